The second kappa shape index (κ2) is 6.84. The van der Waals surface area contributed by atoms with Crippen LogP contribution >= 0.6 is 11.3 Å². The average molecular weight is 381 g/mol. The molecule has 0 spiro atoms. The zero-order valence-electron chi connectivity index (χ0n) is 15.9. The Morgan fingerprint density at radius 3 is 2.07 bits per heavy atom. The number of hydrogen-bond acceptors (Lipinski definition) is 3. The standard InChI is InChI=1S/C25H20N2S/c1-16(2)25-26-22(24-23(27-25)20-10-6-7-11-21(20)28-24)19-14-12-18(13-15-19)17-8-4-3-5-9-17/h3-16H,1-2H3. The van der Waals surface area contributed by atoms with Crippen molar-refractivity contribution in [2.45, 2.75) is 19.8 Å². The molecule has 0 bridgehead atoms. The van der Waals surface area contributed by atoms with Crippen molar-refractivity contribution in [2.75, 3.05) is 0 Å². The van der Waals surface area contributed by atoms with Gasteiger partial charge in [-0.15, -0.1) is 11.3 Å². The number of hydrogen-bond donors (Lipinski definition) is 0. The number of rotatable bonds is 3. The summed E-state index contributed by atoms with van der Waals surface area (Å²) < 4.78 is 2.42. The van der Waals surface area contributed by atoms with E-state index in [2.05, 4.69) is 86.6 Å². The number of aromatic nitrogens is 2. The minimum Gasteiger partial charge on any atom is -0.231 e. The van der Waals surface area contributed by atoms with Gasteiger partial charge in [0.1, 0.15) is 5.82 Å². The second-order valence-corrected chi connectivity index (χ2v) is 8.36. The Labute approximate surface area is 168 Å². The van der Waals surface area contributed by atoms with Crippen molar-refractivity contribution >= 4 is 31.6 Å². The molecule has 0 aliphatic carbocycles. The largest absolute Gasteiger partial charge is 0.231 e. The molecule has 3 aromatic carbocycles. The summed E-state index contributed by atoms with van der Waals surface area (Å²) in [6.45, 7) is 4.30. The summed E-state index contributed by atoms with van der Waals surface area (Å²) >= 11 is 1.78. The van der Waals surface area contributed by atoms with E-state index in [9.17, 15) is 0 Å². The minimum atomic E-state index is 0.283. The Kier molecular flexibility index (Phi) is 4.18. The molecule has 28 heavy (non-hydrogen) atoms. The molecule has 0 saturated heterocycles. The molecule has 5 aromatic rings. The molecule has 0 atom stereocenters. The average Bonchev–Trinajstić information content (AvgIpc) is 3.12. The zero-order chi connectivity index (χ0) is 19.1. The van der Waals surface area contributed by atoms with Gasteiger partial charge in [0, 0.05) is 21.6 Å². The summed E-state index contributed by atoms with van der Waals surface area (Å²) in [5.74, 6) is 1.18. The van der Waals surface area contributed by atoms with E-state index in [1.807, 2.05) is 6.07 Å². The van der Waals surface area contributed by atoms with Crippen LogP contribution in [-0.2, 0) is 0 Å². The van der Waals surface area contributed by atoms with Gasteiger partial charge in [0.15, 0.2) is 0 Å². The smallest absolute Gasteiger partial charge is 0.132 e. The molecule has 0 fully saturated rings. The van der Waals surface area contributed by atoms with Crippen molar-refractivity contribution in [1.82, 2.24) is 9.97 Å². The summed E-state index contributed by atoms with van der Waals surface area (Å²) in [6.07, 6.45) is 0. The van der Waals surface area contributed by atoms with Crippen LogP contribution < -0.4 is 0 Å². The first-order chi connectivity index (χ1) is 13.7. The Bertz CT molecular complexity index is 1270. The van der Waals surface area contributed by atoms with Crippen LogP contribution in [0.1, 0.15) is 25.6 Å². The van der Waals surface area contributed by atoms with E-state index in [-0.39, 0.29) is 5.92 Å². The number of thiophene rings is 1. The second-order valence-electron chi connectivity index (χ2n) is 7.30. The van der Waals surface area contributed by atoms with E-state index in [0.29, 0.717) is 0 Å². The first kappa shape index (κ1) is 17.1. The lowest BCUT2D eigenvalue weighted by atomic mass is 10.0. The molecule has 2 heterocycles. The quantitative estimate of drug-likeness (QED) is 0.328. The van der Waals surface area contributed by atoms with Crippen molar-refractivity contribution in [3.05, 3.63) is 84.7 Å². The van der Waals surface area contributed by atoms with Gasteiger partial charge < -0.3 is 0 Å². The van der Waals surface area contributed by atoms with Crippen LogP contribution in [0.25, 0.3) is 42.7 Å². The molecule has 0 saturated carbocycles. The molecule has 3 heteroatoms. The summed E-state index contributed by atoms with van der Waals surface area (Å²) in [5.41, 5.74) is 5.69. The third kappa shape index (κ3) is 2.88. The number of nitrogens with zero attached hydrogens (tertiary/aromatic N) is 2. The van der Waals surface area contributed by atoms with Gasteiger partial charge in [-0.2, -0.15) is 0 Å². The van der Waals surface area contributed by atoms with Crippen molar-refractivity contribution in [3.8, 4) is 22.4 Å². The molecule has 136 valence electrons. The predicted molar refractivity (Wildman–Crippen MR) is 120 cm³/mol. The monoisotopic (exact) mass is 380 g/mol. The van der Waals surface area contributed by atoms with E-state index >= 15 is 0 Å². The Hall–Kier alpha value is -3.04. The maximum atomic E-state index is 4.97. The maximum Gasteiger partial charge on any atom is 0.132 e. The fourth-order valence-corrected chi connectivity index (χ4v) is 4.67. The highest BCUT2D eigenvalue weighted by molar-refractivity contribution is 7.26. The fraction of sp³-hybridized carbons (Fsp3) is 0.120. The Morgan fingerprint density at radius 2 is 1.32 bits per heavy atom. The first-order valence-electron chi connectivity index (χ1n) is 9.56. The van der Waals surface area contributed by atoms with Crippen LogP contribution in [0.4, 0.5) is 0 Å². The van der Waals surface area contributed by atoms with Gasteiger partial charge in [-0.3, -0.25) is 0 Å². The SMILES string of the molecule is CC(C)c1nc(-c2ccc(-c3ccccc3)cc2)c2sc3ccccc3c2n1. The van der Waals surface area contributed by atoms with Crippen molar-refractivity contribution < 1.29 is 0 Å². The molecular weight excluding hydrogens is 360 g/mol. The Morgan fingerprint density at radius 1 is 0.679 bits per heavy atom. The maximum absolute atomic E-state index is 4.97. The van der Waals surface area contributed by atoms with Crippen LogP contribution in [0.2, 0.25) is 0 Å². The zero-order valence-corrected chi connectivity index (χ0v) is 16.7. The van der Waals surface area contributed by atoms with Gasteiger partial charge in [0.2, 0.25) is 0 Å². The van der Waals surface area contributed by atoms with Gasteiger partial charge in [0.05, 0.1) is 15.9 Å². The predicted octanol–water partition coefficient (Wildman–Crippen LogP) is 7.30. The highest BCUT2D eigenvalue weighted by Crippen LogP contribution is 2.39. The molecule has 0 N–H and O–H groups in total. The summed E-state index contributed by atoms with van der Waals surface area (Å²) in [4.78, 5) is 9.88. The van der Waals surface area contributed by atoms with Crippen LogP contribution in [0.15, 0.2) is 78.9 Å². The number of fused-ring (bicyclic) bond motifs is 3. The molecule has 0 unspecified atom stereocenters. The lowest BCUT2D eigenvalue weighted by Crippen LogP contribution is -1.99. The lowest BCUT2D eigenvalue weighted by Gasteiger charge is -2.09. The van der Waals surface area contributed by atoms with Gasteiger partial charge in [-0.1, -0.05) is 86.6 Å². The molecular formula is C25H20N2S. The van der Waals surface area contributed by atoms with Crippen LogP contribution in [0, 0.1) is 0 Å². The van der Waals surface area contributed by atoms with Gasteiger partial charge >= 0.3 is 0 Å². The normalized spacial score (nSPS) is 11.5. The van der Waals surface area contributed by atoms with E-state index in [4.69, 9.17) is 9.97 Å². The Balaban J connectivity index is 1.71. The summed E-state index contributed by atoms with van der Waals surface area (Å²) in [6, 6.07) is 27.7. The highest BCUT2D eigenvalue weighted by Gasteiger charge is 2.16. The van der Waals surface area contributed by atoms with Gasteiger partial charge in [-0.25, -0.2) is 9.97 Å². The first-order valence-corrected chi connectivity index (χ1v) is 10.4. The van der Waals surface area contributed by atoms with Crippen LogP contribution in [0.3, 0.4) is 0 Å². The lowest BCUT2D eigenvalue weighted by molar-refractivity contribution is 0.785. The molecule has 0 aliphatic rings. The molecule has 2 nitrogen and oxygen atoms in total. The molecule has 5 rings (SSSR count). The van der Waals surface area contributed by atoms with E-state index < -0.39 is 0 Å². The number of benzene rings is 3. The van der Waals surface area contributed by atoms with E-state index in [1.54, 1.807) is 11.3 Å². The molecule has 2 aromatic heterocycles. The van der Waals surface area contributed by atoms with Gasteiger partial charge in [0.25, 0.3) is 0 Å². The van der Waals surface area contributed by atoms with Crippen molar-refractivity contribution in [3.63, 3.8) is 0 Å². The molecule has 0 amide bonds. The van der Waals surface area contributed by atoms with E-state index in [0.717, 1.165) is 27.3 Å². The van der Waals surface area contributed by atoms with Crippen molar-refractivity contribution in [2.24, 2.45) is 0 Å². The topological polar surface area (TPSA) is 25.8 Å². The van der Waals surface area contributed by atoms with Crippen molar-refractivity contribution in [1.29, 1.82) is 0 Å². The molecule has 0 radical (unpaired) electrons. The third-order valence-corrected chi connectivity index (χ3v) is 6.19. The third-order valence-electron chi connectivity index (χ3n) is 5.02. The van der Waals surface area contributed by atoms with Gasteiger partial charge in [-0.05, 0) is 17.2 Å². The van der Waals surface area contributed by atoms with Crippen LogP contribution in [0.5, 0.6) is 0 Å². The van der Waals surface area contributed by atoms with Crippen LogP contribution in [-0.4, -0.2) is 9.97 Å². The molecule has 0 aliphatic heterocycles. The van der Waals surface area contributed by atoms with E-state index in [1.165, 1.54) is 21.2 Å². The summed E-state index contributed by atoms with van der Waals surface area (Å²) in [5, 5.41) is 1.22. The fourth-order valence-electron chi connectivity index (χ4n) is 3.51. The minimum absolute atomic E-state index is 0.283. The highest BCUT2D eigenvalue weighted by atomic mass is 32.1. The summed E-state index contributed by atoms with van der Waals surface area (Å²) in [7, 11) is 0.